The maximum absolute atomic E-state index is 3.98. The molecule has 0 atom stereocenters. The van der Waals surface area contributed by atoms with E-state index in [2.05, 4.69) is 15.6 Å². The summed E-state index contributed by atoms with van der Waals surface area (Å²) in [5.74, 6) is 0. The first kappa shape index (κ1) is 8.01. The van der Waals surface area contributed by atoms with E-state index in [4.69, 9.17) is 0 Å². The molecular formula is C8H13N3. The van der Waals surface area contributed by atoms with Crippen LogP contribution in [0.15, 0.2) is 24.5 Å². The minimum absolute atomic E-state index is 0.933. The van der Waals surface area contributed by atoms with Crippen molar-refractivity contribution in [3.05, 3.63) is 24.5 Å². The van der Waals surface area contributed by atoms with E-state index >= 15 is 0 Å². The molecule has 11 heavy (non-hydrogen) atoms. The molecule has 1 heterocycles. The highest BCUT2D eigenvalue weighted by molar-refractivity contribution is 5.39. The number of likely N-dealkylation sites (N-methyl/N-ethyl adjacent to an activating group) is 1. The van der Waals surface area contributed by atoms with E-state index in [9.17, 15) is 0 Å². The topological polar surface area (TPSA) is 37.0 Å². The van der Waals surface area contributed by atoms with Crippen molar-refractivity contribution in [1.29, 1.82) is 0 Å². The lowest BCUT2D eigenvalue weighted by atomic mass is 10.4. The van der Waals surface area contributed by atoms with Gasteiger partial charge >= 0.3 is 0 Å². The smallest absolute Gasteiger partial charge is 0.0527 e. The molecule has 2 N–H and O–H groups in total. The Morgan fingerprint density at radius 3 is 3.00 bits per heavy atom. The van der Waals surface area contributed by atoms with Crippen molar-refractivity contribution in [1.82, 2.24) is 10.3 Å². The number of nitrogens with one attached hydrogen (secondary N) is 2. The molecule has 3 heteroatoms. The van der Waals surface area contributed by atoms with Crippen LogP contribution < -0.4 is 10.6 Å². The normalized spacial score (nSPS) is 9.55. The Hall–Kier alpha value is -1.09. The number of hydrogen-bond acceptors (Lipinski definition) is 3. The largest absolute Gasteiger partial charge is 0.383 e. The first-order chi connectivity index (χ1) is 5.43. The fourth-order valence-electron chi connectivity index (χ4n) is 0.799. The standard InChI is InChI=1S/C8H13N3/c1-9-5-6-11-8-3-2-4-10-7-8/h2-4,7,9,11H,5-6H2,1H3. The summed E-state index contributed by atoms with van der Waals surface area (Å²) in [6.45, 7) is 1.90. The van der Waals surface area contributed by atoms with Crippen LogP contribution in [-0.2, 0) is 0 Å². The zero-order chi connectivity index (χ0) is 7.94. The lowest BCUT2D eigenvalue weighted by Crippen LogP contribution is -2.17. The average Bonchev–Trinajstić information content (AvgIpc) is 2.07. The quantitative estimate of drug-likeness (QED) is 0.622. The van der Waals surface area contributed by atoms with Crippen LogP contribution in [0.5, 0.6) is 0 Å². The predicted molar refractivity (Wildman–Crippen MR) is 46.7 cm³/mol. The van der Waals surface area contributed by atoms with Crippen LogP contribution in [0.4, 0.5) is 5.69 Å². The maximum atomic E-state index is 3.98. The monoisotopic (exact) mass is 151 g/mol. The number of nitrogens with zero attached hydrogens (tertiary/aromatic N) is 1. The Labute approximate surface area is 66.8 Å². The molecule has 0 saturated carbocycles. The highest BCUT2D eigenvalue weighted by Crippen LogP contribution is 2.00. The average molecular weight is 151 g/mol. The van der Waals surface area contributed by atoms with Gasteiger partial charge in [0.2, 0.25) is 0 Å². The van der Waals surface area contributed by atoms with Crippen molar-refractivity contribution in [2.75, 3.05) is 25.5 Å². The maximum Gasteiger partial charge on any atom is 0.0527 e. The second kappa shape index (κ2) is 4.68. The molecule has 0 saturated heterocycles. The van der Waals surface area contributed by atoms with Gasteiger partial charge in [-0.05, 0) is 19.2 Å². The van der Waals surface area contributed by atoms with Crippen molar-refractivity contribution >= 4 is 5.69 Å². The van der Waals surface area contributed by atoms with Gasteiger partial charge in [0.05, 0.1) is 5.69 Å². The Kier molecular flexibility index (Phi) is 3.41. The number of pyridine rings is 1. The summed E-state index contributed by atoms with van der Waals surface area (Å²) >= 11 is 0. The first-order valence-corrected chi connectivity index (χ1v) is 3.72. The highest BCUT2D eigenvalue weighted by Gasteiger charge is 1.86. The number of rotatable bonds is 4. The summed E-state index contributed by atoms with van der Waals surface area (Å²) in [4.78, 5) is 3.98. The summed E-state index contributed by atoms with van der Waals surface area (Å²) in [6, 6.07) is 3.92. The molecular weight excluding hydrogens is 138 g/mol. The van der Waals surface area contributed by atoms with E-state index in [1.54, 1.807) is 6.20 Å². The Morgan fingerprint density at radius 1 is 1.45 bits per heavy atom. The molecule has 1 aromatic rings. The molecule has 0 aromatic carbocycles. The van der Waals surface area contributed by atoms with Gasteiger partial charge in [-0.15, -0.1) is 0 Å². The number of hydrogen-bond donors (Lipinski definition) is 2. The van der Waals surface area contributed by atoms with Gasteiger partial charge in [0, 0.05) is 25.5 Å². The van der Waals surface area contributed by atoms with Crippen molar-refractivity contribution in [3.63, 3.8) is 0 Å². The van der Waals surface area contributed by atoms with E-state index < -0.39 is 0 Å². The molecule has 0 aliphatic rings. The number of aromatic nitrogens is 1. The summed E-state index contributed by atoms with van der Waals surface area (Å²) < 4.78 is 0. The van der Waals surface area contributed by atoms with Gasteiger partial charge in [0.1, 0.15) is 0 Å². The molecule has 0 amide bonds. The van der Waals surface area contributed by atoms with E-state index in [1.165, 1.54) is 0 Å². The lowest BCUT2D eigenvalue weighted by Gasteiger charge is -2.03. The van der Waals surface area contributed by atoms with Crippen LogP contribution in [0.1, 0.15) is 0 Å². The molecule has 0 aliphatic heterocycles. The molecule has 0 bridgehead atoms. The second-order valence-electron chi connectivity index (χ2n) is 2.27. The molecule has 60 valence electrons. The van der Waals surface area contributed by atoms with Crippen LogP contribution in [0, 0.1) is 0 Å². The third-order valence-corrected chi connectivity index (χ3v) is 1.37. The van der Waals surface area contributed by atoms with E-state index in [1.807, 2.05) is 25.4 Å². The van der Waals surface area contributed by atoms with Gasteiger partial charge in [-0.3, -0.25) is 4.98 Å². The van der Waals surface area contributed by atoms with Crippen LogP contribution in [0.2, 0.25) is 0 Å². The molecule has 0 unspecified atom stereocenters. The zero-order valence-corrected chi connectivity index (χ0v) is 6.67. The Morgan fingerprint density at radius 2 is 2.36 bits per heavy atom. The molecule has 0 radical (unpaired) electrons. The van der Waals surface area contributed by atoms with Gasteiger partial charge in [0.25, 0.3) is 0 Å². The van der Waals surface area contributed by atoms with Crippen LogP contribution in [-0.4, -0.2) is 25.1 Å². The van der Waals surface area contributed by atoms with Crippen molar-refractivity contribution in [2.24, 2.45) is 0 Å². The molecule has 1 aromatic heterocycles. The van der Waals surface area contributed by atoms with Crippen LogP contribution in [0.3, 0.4) is 0 Å². The minimum atomic E-state index is 0.933. The zero-order valence-electron chi connectivity index (χ0n) is 6.67. The summed E-state index contributed by atoms with van der Waals surface area (Å²) in [7, 11) is 1.94. The van der Waals surface area contributed by atoms with Gasteiger partial charge in [-0.2, -0.15) is 0 Å². The molecule has 0 spiro atoms. The fourth-order valence-corrected chi connectivity index (χ4v) is 0.799. The summed E-state index contributed by atoms with van der Waals surface area (Å²) in [5, 5.41) is 6.28. The van der Waals surface area contributed by atoms with Crippen molar-refractivity contribution in [3.8, 4) is 0 Å². The Bertz CT molecular complexity index is 186. The Balaban J connectivity index is 2.28. The van der Waals surface area contributed by atoms with E-state index in [0.29, 0.717) is 0 Å². The fraction of sp³-hybridized carbons (Fsp3) is 0.375. The molecule has 1 rings (SSSR count). The van der Waals surface area contributed by atoms with Gasteiger partial charge < -0.3 is 10.6 Å². The van der Waals surface area contributed by atoms with Gasteiger partial charge in [-0.1, -0.05) is 0 Å². The second-order valence-corrected chi connectivity index (χ2v) is 2.27. The third-order valence-electron chi connectivity index (χ3n) is 1.37. The molecule has 0 aliphatic carbocycles. The van der Waals surface area contributed by atoms with Crippen LogP contribution >= 0.6 is 0 Å². The highest BCUT2D eigenvalue weighted by atomic mass is 14.9. The molecule has 3 nitrogen and oxygen atoms in total. The minimum Gasteiger partial charge on any atom is -0.383 e. The van der Waals surface area contributed by atoms with Crippen molar-refractivity contribution in [2.45, 2.75) is 0 Å². The SMILES string of the molecule is CNCCNc1cccnc1. The van der Waals surface area contributed by atoms with E-state index in [-0.39, 0.29) is 0 Å². The summed E-state index contributed by atoms with van der Waals surface area (Å²) in [6.07, 6.45) is 3.58. The van der Waals surface area contributed by atoms with E-state index in [0.717, 1.165) is 18.8 Å². The first-order valence-electron chi connectivity index (χ1n) is 3.72. The third kappa shape index (κ3) is 3.00. The van der Waals surface area contributed by atoms with Crippen LogP contribution in [0.25, 0.3) is 0 Å². The predicted octanol–water partition coefficient (Wildman–Crippen LogP) is 0.713. The molecule has 0 fully saturated rings. The number of anilines is 1. The van der Waals surface area contributed by atoms with Gasteiger partial charge in [-0.25, -0.2) is 0 Å². The van der Waals surface area contributed by atoms with Gasteiger partial charge in [0.15, 0.2) is 0 Å². The summed E-state index contributed by atoms with van der Waals surface area (Å²) in [5.41, 5.74) is 1.07. The lowest BCUT2D eigenvalue weighted by molar-refractivity contribution is 0.823. The van der Waals surface area contributed by atoms with Crippen molar-refractivity contribution < 1.29 is 0 Å².